The number of rotatable bonds is 10. The summed E-state index contributed by atoms with van der Waals surface area (Å²) in [6.07, 6.45) is 5.50. The van der Waals surface area contributed by atoms with Crippen LogP contribution in [0.15, 0.2) is 30.3 Å². The first kappa shape index (κ1) is 26.6. The zero-order valence-corrected chi connectivity index (χ0v) is 20.6. The molecule has 1 fully saturated rings. The van der Waals surface area contributed by atoms with Gasteiger partial charge in [-0.1, -0.05) is 25.0 Å². The fourth-order valence-electron chi connectivity index (χ4n) is 4.30. The number of methoxy groups -OCH3 is 3. The third kappa shape index (κ3) is 6.24. The smallest absolute Gasteiger partial charge is 0.255 e. The molecule has 3 rings (SSSR count). The summed E-state index contributed by atoms with van der Waals surface area (Å²) in [6, 6.07) is 9.37. The van der Waals surface area contributed by atoms with Gasteiger partial charge in [-0.3, -0.25) is 4.79 Å². The maximum absolute atomic E-state index is 13.2. The van der Waals surface area contributed by atoms with Gasteiger partial charge in [-0.25, -0.2) is 0 Å². The van der Waals surface area contributed by atoms with Gasteiger partial charge in [0.15, 0.2) is 11.5 Å². The molecule has 8 heteroatoms. The second-order valence-electron chi connectivity index (χ2n) is 8.11. The minimum atomic E-state index is -0.231. The molecule has 1 atom stereocenters. The summed E-state index contributed by atoms with van der Waals surface area (Å²) in [6.45, 7) is 2.64. The van der Waals surface area contributed by atoms with Gasteiger partial charge in [0.05, 0.1) is 26.9 Å². The first-order chi connectivity index (χ1) is 15.5. The van der Waals surface area contributed by atoms with Crippen LogP contribution in [0.25, 0.3) is 0 Å². The van der Waals surface area contributed by atoms with E-state index >= 15 is 0 Å². The highest BCUT2D eigenvalue weighted by Crippen LogP contribution is 2.48. The molecule has 2 aromatic rings. The van der Waals surface area contributed by atoms with Gasteiger partial charge < -0.3 is 30.0 Å². The van der Waals surface area contributed by atoms with Crippen molar-refractivity contribution in [1.82, 2.24) is 5.32 Å². The number of halogens is 1. The van der Waals surface area contributed by atoms with Crippen molar-refractivity contribution in [3.8, 4) is 28.7 Å². The zero-order chi connectivity index (χ0) is 23.1. The second-order valence-corrected chi connectivity index (χ2v) is 8.11. The van der Waals surface area contributed by atoms with E-state index in [1.165, 1.54) is 34.2 Å². The topological polar surface area (TPSA) is 92.0 Å². The van der Waals surface area contributed by atoms with Gasteiger partial charge in [-0.2, -0.15) is 0 Å². The van der Waals surface area contributed by atoms with Crippen LogP contribution in [0.2, 0.25) is 0 Å². The van der Waals surface area contributed by atoms with E-state index in [1.807, 2.05) is 24.3 Å². The van der Waals surface area contributed by atoms with Gasteiger partial charge in [-0.15, -0.1) is 12.4 Å². The SMILES string of the molecule is COc1c(Oc2ccc(CCN)cc2)cc(C(=O)NC(C)C2CCCC2)c(OC)c1OC.Cl. The van der Waals surface area contributed by atoms with Crippen molar-refractivity contribution in [3.63, 3.8) is 0 Å². The molecule has 0 bridgehead atoms. The molecule has 1 aliphatic rings. The number of nitrogens with one attached hydrogen (secondary N) is 1. The molecule has 0 spiro atoms. The van der Waals surface area contributed by atoms with Crippen molar-refractivity contribution in [2.75, 3.05) is 27.9 Å². The third-order valence-electron chi connectivity index (χ3n) is 6.06. The predicted molar refractivity (Wildman–Crippen MR) is 132 cm³/mol. The molecule has 7 nitrogen and oxygen atoms in total. The minimum absolute atomic E-state index is 0. The largest absolute Gasteiger partial charge is 0.492 e. The van der Waals surface area contributed by atoms with Gasteiger partial charge >= 0.3 is 0 Å². The van der Waals surface area contributed by atoms with Gasteiger partial charge in [-0.05, 0) is 56.3 Å². The monoisotopic (exact) mass is 478 g/mol. The van der Waals surface area contributed by atoms with E-state index in [2.05, 4.69) is 12.2 Å². The number of ether oxygens (including phenoxy) is 4. The van der Waals surface area contributed by atoms with E-state index in [-0.39, 0.29) is 24.4 Å². The Labute approximate surface area is 202 Å². The molecule has 0 radical (unpaired) electrons. The van der Waals surface area contributed by atoms with E-state index in [9.17, 15) is 4.79 Å². The van der Waals surface area contributed by atoms with Crippen LogP contribution < -0.4 is 30.0 Å². The fraction of sp³-hybridized carbons (Fsp3) is 0.480. The Bertz CT molecular complexity index is 914. The first-order valence-electron chi connectivity index (χ1n) is 11.1. The van der Waals surface area contributed by atoms with Crippen molar-refractivity contribution in [2.24, 2.45) is 11.7 Å². The van der Waals surface area contributed by atoms with Crippen LogP contribution in [0.1, 0.15) is 48.5 Å². The Morgan fingerprint density at radius 3 is 2.18 bits per heavy atom. The zero-order valence-electron chi connectivity index (χ0n) is 19.8. The van der Waals surface area contributed by atoms with Crippen molar-refractivity contribution < 1.29 is 23.7 Å². The summed E-state index contributed by atoms with van der Waals surface area (Å²) in [7, 11) is 4.54. The Morgan fingerprint density at radius 2 is 1.64 bits per heavy atom. The van der Waals surface area contributed by atoms with E-state index in [1.54, 1.807) is 6.07 Å². The molecule has 0 heterocycles. The molecule has 2 aromatic carbocycles. The number of nitrogens with two attached hydrogens (primary N) is 1. The van der Waals surface area contributed by atoms with Crippen LogP contribution in [0, 0.1) is 5.92 Å². The summed E-state index contributed by atoms with van der Waals surface area (Å²) in [4.78, 5) is 13.2. The van der Waals surface area contributed by atoms with E-state index < -0.39 is 0 Å². The van der Waals surface area contributed by atoms with Crippen molar-refractivity contribution in [3.05, 3.63) is 41.5 Å². The van der Waals surface area contributed by atoms with Crippen LogP contribution in [-0.4, -0.2) is 39.8 Å². The molecule has 0 saturated heterocycles. The summed E-state index contributed by atoms with van der Waals surface area (Å²) < 4.78 is 22.8. The number of amides is 1. The molecule has 1 amide bonds. The average molecular weight is 479 g/mol. The van der Waals surface area contributed by atoms with Crippen LogP contribution >= 0.6 is 12.4 Å². The molecule has 0 aromatic heterocycles. The molecule has 1 aliphatic carbocycles. The Hall–Kier alpha value is -2.64. The Morgan fingerprint density at radius 1 is 1.03 bits per heavy atom. The highest BCUT2D eigenvalue weighted by Gasteiger charge is 2.28. The Balaban J connectivity index is 0.00000385. The number of carbonyl (C=O) groups is 1. The summed E-state index contributed by atoms with van der Waals surface area (Å²) >= 11 is 0. The molecule has 0 aliphatic heterocycles. The molecule has 33 heavy (non-hydrogen) atoms. The standard InChI is InChI=1S/C25H34N2O5.ClH/c1-16(18-7-5-6-8-18)27-25(28)20-15-21(23(30-3)24(31-4)22(20)29-2)32-19-11-9-17(10-12-19)13-14-26;/h9-12,15-16,18H,5-8,13-14,26H2,1-4H3,(H,27,28);1H. The maximum Gasteiger partial charge on any atom is 0.255 e. The van der Waals surface area contributed by atoms with Crippen LogP contribution in [0.3, 0.4) is 0 Å². The quantitative estimate of drug-likeness (QED) is 0.512. The minimum Gasteiger partial charge on any atom is -0.492 e. The predicted octanol–water partition coefficient (Wildman–Crippen LogP) is 4.74. The molecular weight excluding hydrogens is 444 g/mol. The Kier molecular flexibility index (Phi) is 10.1. The lowest BCUT2D eigenvalue weighted by Crippen LogP contribution is -2.37. The third-order valence-corrected chi connectivity index (χ3v) is 6.06. The van der Waals surface area contributed by atoms with E-state index in [4.69, 9.17) is 24.7 Å². The van der Waals surface area contributed by atoms with E-state index in [0.717, 1.165) is 24.8 Å². The highest BCUT2D eigenvalue weighted by atomic mass is 35.5. The molecule has 1 saturated carbocycles. The number of hydrogen-bond donors (Lipinski definition) is 2. The van der Waals surface area contributed by atoms with Gasteiger partial charge in [0.1, 0.15) is 5.75 Å². The maximum atomic E-state index is 13.2. The highest BCUT2D eigenvalue weighted by molar-refractivity contribution is 5.99. The van der Waals surface area contributed by atoms with Crippen molar-refractivity contribution >= 4 is 18.3 Å². The lowest BCUT2D eigenvalue weighted by atomic mass is 9.99. The number of hydrogen-bond acceptors (Lipinski definition) is 6. The molecule has 3 N–H and O–H groups in total. The van der Waals surface area contributed by atoms with Crippen LogP contribution in [0.4, 0.5) is 0 Å². The van der Waals surface area contributed by atoms with E-state index in [0.29, 0.717) is 46.8 Å². The second kappa shape index (κ2) is 12.6. The lowest BCUT2D eigenvalue weighted by Gasteiger charge is -2.23. The number of carbonyl (C=O) groups excluding carboxylic acids is 1. The summed E-state index contributed by atoms with van der Waals surface area (Å²) in [5, 5.41) is 3.13. The first-order valence-corrected chi connectivity index (χ1v) is 11.1. The lowest BCUT2D eigenvalue weighted by molar-refractivity contribution is 0.0923. The van der Waals surface area contributed by atoms with Crippen molar-refractivity contribution in [2.45, 2.75) is 45.1 Å². The molecular formula is C25H35ClN2O5. The summed E-state index contributed by atoms with van der Waals surface area (Å²) in [5.41, 5.74) is 7.09. The molecule has 1 unspecified atom stereocenters. The summed E-state index contributed by atoms with van der Waals surface area (Å²) in [5.74, 6) is 2.23. The van der Waals surface area contributed by atoms with Crippen LogP contribution in [-0.2, 0) is 6.42 Å². The van der Waals surface area contributed by atoms with Gasteiger partial charge in [0, 0.05) is 12.1 Å². The van der Waals surface area contributed by atoms with Crippen molar-refractivity contribution in [1.29, 1.82) is 0 Å². The fourth-order valence-corrected chi connectivity index (χ4v) is 4.30. The van der Waals surface area contributed by atoms with Gasteiger partial charge in [0.2, 0.25) is 11.5 Å². The van der Waals surface area contributed by atoms with Gasteiger partial charge in [0.25, 0.3) is 5.91 Å². The average Bonchev–Trinajstić information content (AvgIpc) is 3.34. The normalized spacial score (nSPS) is 14.2. The molecule has 182 valence electrons. The van der Waals surface area contributed by atoms with Crippen LogP contribution in [0.5, 0.6) is 28.7 Å². The number of benzene rings is 2.